The van der Waals surface area contributed by atoms with Gasteiger partial charge in [0, 0.05) is 59.9 Å². The van der Waals surface area contributed by atoms with Gasteiger partial charge in [-0.3, -0.25) is 28.8 Å². The maximum atomic E-state index is 11.6. The minimum absolute atomic E-state index is 0.230. The van der Waals surface area contributed by atoms with Gasteiger partial charge in [0.1, 0.15) is 39.6 Å². The molecule has 0 radical (unpaired) electrons. The van der Waals surface area contributed by atoms with Gasteiger partial charge in [-0.15, -0.1) is 0 Å². The van der Waals surface area contributed by atoms with Gasteiger partial charge in [0.05, 0.1) is 59.5 Å². The molecule has 0 N–H and O–H groups in total. The first-order valence-electron chi connectivity index (χ1n) is 24.4. The van der Waals surface area contributed by atoms with E-state index in [1.807, 2.05) is 91.0 Å². The van der Waals surface area contributed by atoms with Crippen molar-refractivity contribution in [2.45, 2.75) is 96.9 Å². The Morgan fingerprint density at radius 2 is 0.486 bits per heavy atom. The fourth-order valence-electron chi connectivity index (χ4n) is 5.64. The average Bonchev–Trinajstić information content (AvgIpc) is 3.40. The molecule has 0 heterocycles. The van der Waals surface area contributed by atoms with Crippen LogP contribution in [0.4, 0.5) is 0 Å². The number of hydrogen-bond acceptors (Lipinski definition) is 18. The third-order valence-corrected chi connectivity index (χ3v) is 9.53. The lowest BCUT2D eigenvalue weighted by molar-refractivity contribution is -0.147. The molecule has 3 aromatic rings. The Morgan fingerprint density at radius 1 is 0.278 bits per heavy atom. The van der Waals surface area contributed by atoms with E-state index >= 15 is 0 Å². The number of benzene rings is 3. The fourth-order valence-corrected chi connectivity index (χ4v) is 5.64. The van der Waals surface area contributed by atoms with E-state index in [0.29, 0.717) is 137 Å². The van der Waals surface area contributed by atoms with Crippen molar-refractivity contribution in [1.82, 2.24) is 0 Å². The number of methoxy groups -OCH3 is 3. The van der Waals surface area contributed by atoms with Crippen molar-refractivity contribution in [3.8, 4) is 0 Å². The molecule has 0 amide bonds. The van der Waals surface area contributed by atoms with E-state index in [9.17, 15) is 28.8 Å². The fraction of sp³-hybridized carbons (Fsp3) is 0.556. The Balaban J connectivity index is 0.000000540. The molecule has 0 aliphatic heterocycles. The molecule has 0 saturated carbocycles. The Labute approximate surface area is 425 Å². The molecule has 18 nitrogen and oxygen atoms in total. The number of unbranched alkanes of at least 4 members (excludes halogenated alkanes) is 3. The number of hydrogen-bond donors (Lipinski definition) is 0. The summed E-state index contributed by atoms with van der Waals surface area (Å²) < 4.78 is 60.5. The summed E-state index contributed by atoms with van der Waals surface area (Å²) in [6.07, 6.45) is 5.42. The summed E-state index contributed by atoms with van der Waals surface area (Å²) in [5.74, 6) is -1.58. The van der Waals surface area contributed by atoms with E-state index in [1.165, 1.54) is 0 Å². The van der Waals surface area contributed by atoms with Crippen molar-refractivity contribution in [2.75, 3.05) is 101 Å². The second-order valence-electron chi connectivity index (χ2n) is 15.5. The summed E-state index contributed by atoms with van der Waals surface area (Å²) in [6.45, 7) is 5.63. The van der Waals surface area contributed by atoms with Gasteiger partial charge in [-0.05, 0) is 55.2 Å². The lowest BCUT2D eigenvalue weighted by Gasteiger charge is -2.07. The van der Waals surface area contributed by atoms with Crippen molar-refractivity contribution in [1.29, 1.82) is 0 Å². The Hall–Kier alpha value is -5.76. The molecule has 72 heavy (non-hydrogen) atoms. The van der Waals surface area contributed by atoms with Crippen LogP contribution in [0.3, 0.4) is 0 Å². The smallest absolute Gasteiger partial charge is 0.306 e. The van der Waals surface area contributed by atoms with Gasteiger partial charge in [-0.1, -0.05) is 91.0 Å². The van der Waals surface area contributed by atoms with Crippen molar-refractivity contribution < 1.29 is 85.6 Å². The Kier molecular flexibility index (Phi) is 42.4. The second kappa shape index (κ2) is 47.6. The SMILES string of the molecule is COCCOCCOC(=O)CCCCC(=O)OCCOCCOC.COCCOCCOC(=O)CCCCC(=O)OCc1ccccc1.O=C(CCCCC(=O)OCc1ccccc1)OCc1ccccc1. The van der Waals surface area contributed by atoms with E-state index in [4.69, 9.17) is 56.8 Å². The van der Waals surface area contributed by atoms with Crippen LogP contribution in [0.2, 0.25) is 0 Å². The minimum Gasteiger partial charge on any atom is -0.463 e. The summed E-state index contributed by atoms with van der Waals surface area (Å²) in [5.41, 5.74) is 2.90. The highest BCUT2D eigenvalue weighted by atomic mass is 16.6. The molecule has 0 aromatic heterocycles. The molecule has 3 rings (SSSR count). The molecule has 0 aliphatic rings. The Bertz CT molecular complexity index is 1710. The number of carbonyl (C=O) groups is 6. The highest BCUT2D eigenvalue weighted by molar-refractivity contribution is 5.72. The normalized spacial score (nSPS) is 10.4. The molecule has 402 valence electrons. The van der Waals surface area contributed by atoms with Gasteiger partial charge in [-0.25, -0.2) is 0 Å². The first kappa shape index (κ1) is 64.3. The van der Waals surface area contributed by atoms with Crippen molar-refractivity contribution in [3.63, 3.8) is 0 Å². The van der Waals surface area contributed by atoms with Crippen LogP contribution in [0.15, 0.2) is 91.0 Å². The van der Waals surface area contributed by atoms with Crippen LogP contribution in [0.5, 0.6) is 0 Å². The van der Waals surface area contributed by atoms with Gasteiger partial charge in [-0.2, -0.15) is 0 Å². The first-order chi connectivity index (χ1) is 35.2. The van der Waals surface area contributed by atoms with Crippen molar-refractivity contribution in [2.24, 2.45) is 0 Å². The van der Waals surface area contributed by atoms with Crippen LogP contribution >= 0.6 is 0 Å². The quantitative estimate of drug-likeness (QED) is 0.0307. The summed E-state index contributed by atoms with van der Waals surface area (Å²) in [4.78, 5) is 69.2. The summed E-state index contributed by atoms with van der Waals surface area (Å²) in [5, 5.41) is 0. The van der Waals surface area contributed by atoms with E-state index < -0.39 is 0 Å². The topological polar surface area (TPSA) is 213 Å². The summed E-state index contributed by atoms with van der Waals surface area (Å²) >= 11 is 0. The highest BCUT2D eigenvalue weighted by Crippen LogP contribution is 2.09. The first-order valence-corrected chi connectivity index (χ1v) is 24.4. The molecule has 0 aliphatic carbocycles. The van der Waals surface area contributed by atoms with Crippen LogP contribution in [-0.2, 0) is 105 Å². The van der Waals surface area contributed by atoms with E-state index in [-0.39, 0.29) is 75.1 Å². The molecule has 0 bridgehead atoms. The van der Waals surface area contributed by atoms with E-state index in [1.54, 1.807) is 21.3 Å². The van der Waals surface area contributed by atoms with Crippen molar-refractivity contribution >= 4 is 35.8 Å². The number of ether oxygens (including phenoxy) is 12. The van der Waals surface area contributed by atoms with Crippen LogP contribution in [0, 0.1) is 0 Å². The highest BCUT2D eigenvalue weighted by Gasteiger charge is 2.10. The molecular weight excluding hydrogens is 937 g/mol. The number of carbonyl (C=O) groups excluding carboxylic acids is 6. The molecule has 0 spiro atoms. The van der Waals surface area contributed by atoms with Crippen LogP contribution in [0.25, 0.3) is 0 Å². The third kappa shape index (κ3) is 42.0. The lowest BCUT2D eigenvalue weighted by Crippen LogP contribution is -2.13. The van der Waals surface area contributed by atoms with Crippen LogP contribution < -0.4 is 0 Å². The zero-order chi connectivity index (χ0) is 52.4. The van der Waals surface area contributed by atoms with Gasteiger partial charge >= 0.3 is 35.8 Å². The van der Waals surface area contributed by atoms with E-state index in [0.717, 1.165) is 16.7 Å². The minimum atomic E-state index is -0.287. The van der Waals surface area contributed by atoms with Crippen LogP contribution in [-0.4, -0.2) is 136 Å². The Morgan fingerprint density at radius 3 is 0.708 bits per heavy atom. The molecular formula is C54H78O18. The van der Waals surface area contributed by atoms with Gasteiger partial charge in [0.15, 0.2) is 0 Å². The van der Waals surface area contributed by atoms with Gasteiger partial charge in [0.25, 0.3) is 0 Å². The molecule has 0 atom stereocenters. The lowest BCUT2D eigenvalue weighted by atomic mass is 10.2. The second-order valence-corrected chi connectivity index (χ2v) is 15.5. The van der Waals surface area contributed by atoms with Crippen molar-refractivity contribution in [3.05, 3.63) is 108 Å². The monoisotopic (exact) mass is 1010 g/mol. The van der Waals surface area contributed by atoms with Gasteiger partial charge in [0.2, 0.25) is 0 Å². The third-order valence-electron chi connectivity index (χ3n) is 9.53. The van der Waals surface area contributed by atoms with E-state index in [2.05, 4.69) is 0 Å². The zero-order valence-corrected chi connectivity index (χ0v) is 42.6. The predicted octanol–water partition coefficient (Wildman–Crippen LogP) is 7.49. The maximum Gasteiger partial charge on any atom is 0.306 e. The number of rotatable bonds is 39. The average molecular weight is 1020 g/mol. The molecule has 0 saturated heterocycles. The summed E-state index contributed by atoms with van der Waals surface area (Å²) in [6, 6.07) is 28.6. The maximum absolute atomic E-state index is 11.6. The largest absolute Gasteiger partial charge is 0.463 e. The molecule has 18 heteroatoms. The van der Waals surface area contributed by atoms with Gasteiger partial charge < -0.3 is 56.8 Å². The molecule has 0 unspecified atom stereocenters. The molecule has 3 aromatic carbocycles. The van der Waals surface area contributed by atoms with Crippen LogP contribution in [0.1, 0.15) is 93.7 Å². The number of esters is 6. The summed E-state index contributed by atoms with van der Waals surface area (Å²) in [7, 11) is 4.78. The standard InChI is InChI=1S/C20H22O4.C18H26O6.C16H30O8/c21-19(23-15-17-9-3-1-4-10-17)13-7-8-14-20(22)24-16-18-11-5-2-6-12-18;1-21-11-12-22-13-14-23-17(19)9-5-6-10-18(20)24-15-16-7-3-2-4-8-16;1-19-7-9-21-11-13-23-15(17)5-3-4-6-16(18)24-14-12-22-10-8-20-2/h1-6,9-12H,7-8,13-16H2;2-4,7-8H,5-6,9-15H2,1H3;3-14H2,1-2H3. The zero-order valence-electron chi connectivity index (χ0n) is 42.6. The molecule has 0 fully saturated rings. The predicted molar refractivity (Wildman–Crippen MR) is 265 cm³/mol.